The summed E-state index contributed by atoms with van der Waals surface area (Å²) in [6.07, 6.45) is 2.04. The summed E-state index contributed by atoms with van der Waals surface area (Å²) in [7, 11) is 0. The quantitative estimate of drug-likeness (QED) is 0.886. The Morgan fingerprint density at radius 2 is 1.86 bits per heavy atom. The predicted octanol–water partition coefficient (Wildman–Crippen LogP) is 1.71. The molecule has 1 aromatic rings. The highest BCUT2D eigenvalue weighted by Crippen LogP contribution is 2.52. The molecule has 1 saturated carbocycles. The maximum atomic E-state index is 12.4. The van der Waals surface area contributed by atoms with Gasteiger partial charge in [-0.3, -0.25) is 4.79 Å². The van der Waals surface area contributed by atoms with Gasteiger partial charge in [-0.1, -0.05) is 38.1 Å². The molecule has 1 aliphatic heterocycles. The number of benzene rings is 1. The van der Waals surface area contributed by atoms with Gasteiger partial charge >= 0.3 is 6.03 Å². The lowest BCUT2D eigenvalue weighted by atomic mass is 9.62. The molecule has 4 N–H and O–H groups in total. The van der Waals surface area contributed by atoms with Gasteiger partial charge in [0.05, 0.1) is 6.04 Å². The molecule has 2 fully saturated rings. The molecule has 0 bridgehead atoms. The molecule has 118 valence electrons. The fourth-order valence-electron chi connectivity index (χ4n) is 3.91. The van der Waals surface area contributed by atoms with Crippen molar-refractivity contribution in [3.05, 3.63) is 35.4 Å². The van der Waals surface area contributed by atoms with Crippen molar-refractivity contribution in [3.8, 4) is 0 Å². The number of rotatable bonds is 4. The molecular weight excluding hydrogens is 278 g/mol. The monoisotopic (exact) mass is 301 g/mol. The SMILES string of the molecule is CC(C)c1ccccc1C1(C(N)=O)CN(C(N)=O)C1C1CC1. The Balaban J connectivity index is 2.11. The van der Waals surface area contributed by atoms with Crippen molar-refractivity contribution in [2.24, 2.45) is 17.4 Å². The number of hydrogen-bond donors (Lipinski definition) is 2. The molecule has 1 aliphatic carbocycles. The molecule has 1 saturated heterocycles. The first kappa shape index (κ1) is 14.9. The van der Waals surface area contributed by atoms with Crippen molar-refractivity contribution in [3.63, 3.8) is 0 Å². The van der Waals surface area contributed by atoms with Gasteiger partial charge in [0.25, 0.3) is 0 Å². The van der Waals surface area contributed by atoms with Crippen LogP contribution in [-0.2, 0) is 10.2 Å². The Labute approximate surface area is 130 Å². The highest BCUT2D eigenvalue weighted by Gasteiger charge is 2.64. The van der Waals surface area contributed by atoms with Crippen molar-refractivity contribution in [1.29, 1.82) is 0 Å². The number of carbonyl (C=O) groups excluding carboxylic acids is 2. The second-order valence-corrected chi connectivity index (χ2v) is 6.83. The number of primary amides is 2. The molecule has 2 aliphatic rings. The van der Waals surface area contributed by atoms with Crippen molar-refractivity contribution in [2.45, 2.75) is 44.1 Å². The molecule has 0 spiro atoms. The van der Waals surface area contributed by atoms with Crippen LogP contribution in [0.5, 0.6) is 0 Å². The van der Waals surface area contributed by atoms with Gasteiger partial charge < -0.3 is 16.4 Å². The van der Waals surface area contributed by atoms with Crippen LogP contribution < -0.4 is 11.5 Å². The van der Waals surface area contributed by atoms with Gasteiger partial charge in [0.15, 0.2) is 0 Å². The van der Waals surface area contributed by atoms with Gasteiger partial charge in [-0.15, -0.1) is 0 Å². The van der Waals surface area contributed by atoms with Crippen LogP contribution in [0.25, 0.3) is 0 Å². The Morgan fingerprint density at radius 3 is 2.36 bits per heavy atom. The number of hydrogen-bond acceptors (Lipinski definition) is 2. The van der Waals surface area contributed by atoms with Crippen LogP contribution in [0, 0.1) is 5.92 Å². The molecule has 1 aromatic carbocycles. The maximum Gasteiger partial charge on any atom is 0.315 e. The number of nitrogens with zero attached hydrogens (tertiary/aromatic N) is 1. The summed E-state index contributed by atoms with van der Waals surface area (Å²) < 4.78 is 0. The van der Waals surface area contributed by atoms with Crippen LogP contribution in [0.1, 0.15) is 43.7 Å². The second kappa shape index (κ2) is 5.00. The Bertz CT molecular complexity index is 624. The van der Waals surface area contributed by atoms with Crippen molar-refractivity contribution in [2.75, 3.05) is 6.54 Å². The van der Waals surface area contributed by atoms with E-state index in [2.05, 4.69) is 13.8 Å². The van der Waals surface area contributed by atoms with E-state index in [0.717, 1.165) is 24.0 Å². The number of urea groups is 1. The molecule has 0 radical (unpaired) electrons. The van der Waals surface area contributed by atoms with Crippen molar-refractivity contribution in [1.82, 2.24) is 4.90 Å². The number of likely N-dealkylation sites (tertiary alicyclic amines) is 1. The lowest BCUT2D eigenvalue weighted by Crippen LogP contribution is -2.75. The van der Waals surface area contributed by atoms with E-state index in [1.807, 2.05) is 24.3 Å². The summed E-state index contributed by atoms with van der Waals surface area (Å²) in [5, 5.41) is 0. The van der Waals surface area contributed by atoms with Crippen LogP contribution in [0.4, 0.5) is 4.79 Å². The predicted molar refractivity (Wildman–Crippen MR) is 84.2 cm³/mol. The molecule has 5 nitrogen and oxygen atoms in total. The third-order valence-electron chi connectivity index (χ3n) is 5.12. The topological polar surface area (TPSA) is 89.4 Å². The van der Waals surface area contributed by atoms with Gasteiger partial charge in [0.1, 0.15) is 5.41 Å². The fourth-order valence-corrected chi connectivity index (χ4v) is 3.91. The van der Waals surface area contributed by atoms with E-state index in [0.29, 0.717) is 12.5 Å². The zero-order valence-electron chi connectivity index (χ0n) is 13.1. The van der Waals surface area contributed by atoms with Gasteiger partial charge in [-0.25, -0.2) is 4.79 Å². The second-order valence-electron chi connectivity index (χ2n) is 6.83. The lowest BCUT2D eigenvalue weighted by molar-refractivity contribution is -0.134. The molecule has 3 rings (SSSR count). The minimum atomic E-state index is -0.795. The molecule has 3 amide bonds. The summed E-state index contributed by atoms with van der Waals surface area (Å²) in [6, 6.07) is 7.28. The zero-order valence-corrected chi connectivity index (χ0v) is 13.1. The molecule has 1 heterocycles. The molecule has 22 heavy (non-hydrogen) atoms. The molecule has 5 heteroatoms. The average Bonchev–Trinajstić information content (AvgIpc) is 3.22. The van der Waals surface area contributed by atoms with Gasteiger partial charge in [-0.2, -0.15) is 0 Å². The highest BCUT2D eigenvalue weighted by molar-refractivity contribution is 5.93. The number of amides is 3. The van der Waals surface area contributed by atoms with Crippen LogP contribution in [0.2, 0.25) is 0 Å². The summed E-state index contributed by atoms with van der Waals surface area (Å²) in [6.45, 7) is 4.50. The minimum Gasteiger partial charge on any atom is -0.369 e. The van der Waals surface area contributed by atoms with Gasteiger partial charge in [-0.05, 0) is 35.8 Å². The fraction of sp³-hybridized carbons (Fsp3) is 0.529. The van der Waals surface area contributed by atoms with E-state index in [-0.39, 0.29) is 17.9 Å². The van der Waals surface area contributed by atoms with Crippen LogP contribution in [0.3, 0.4) is 0 Å². The van der Waals surface area contributed by atoms with E-state index in [1.54, 1.807) is 4.90 Å². The van der Waals surface area contributed by atoms with Crippen LogP contribution in [-0.4, -0.2) is 29.4 Å². The van der Waals surface area contributed by atoms with Crippen LogP contribution in [0.15, 0.2) is 24.3 Å². The zero-order chi connectivity index (χ0) is 16.1. The highest BCUT2D eigenvalue weighted by atomic mass is 16.2. The van der Waals surface area contributed by atoms with Crippen molar-refractivity contribution < 1.29 is 9.59 Å². The molecule has 0 aromatic heterocycles. The van der Waals surface area contributed by atoms with E-state index in [9.17, 15) is 9.59 Å². The summed E-state index contributed by atoms with van der Waals surface area (Å²) in [4.78, 5) is 25.7. The van der Waals surface area contributed by atoms with Crippen LogP contribution >= 0.6 is 0 Å². The third-order valence-corrected chi connectivity index (χ3v) is 5.12. The van der Waals surface area contributed by atoms with E-state index in [4.69, 9.17) is 11.5 Å². The molecule has 2 atom stereocenters. The summed E-state index contributed by atoms with van der Waals surface area (Å²) in [5.74, 6) is 0.263. The summed E-state index contributed by atoms with van der Waals surface area (Å²) >= 11 is 0. The normalized spacial score (nSPS) is 27.6. The first-order valence-electron chi connectivity index (χ1n) is 7.85. The van der Waals surface area contributed by atoms with E-state index in [1.165, 1.54) is 0 Å². The minimum absolute atomic E-state index is 0.192. The first-order chi connectivity index (χ1) is 10.4. The lowest BCUT2D eigenvalue weighted by Gasteiger charge is -2.56. The number of carbonyl (C=O) groups is 2. The van der Waals surface area contributed by atoms with Crippen molar-refractivity contribution >= 4 is 11.9 Å². The Kier molecular flexibility index (Phi) is 3.38. The Morgan fingerprint density at radius 1 is 1.23 bits per heavy atom. The average molecular weight is 301 g/mol. The number of nitrogens with two attached hydrogens (primary N) is 2. The molecule has 2 unspecified atom stereocenters. The smallest absolute Gasteiger partial charge is 0.315 e. The van der Waals surface area contributed by atoms with Gasteiger partial charge in [0.2, 0.25) is 5.91 Å². The summed E-state index contributed by atoms with van der Waals surface area (Å²) in [5.41, 5.74) is 12.6. The standard InChI is InChI=1S/C17H23N3O2/c1-10(2)12-5-3-4-6-13(12)17(15(18)21)9-20(16(19)22)14(17)11-7-8-11/h3-6,10-11,14H,7-9H2,1-2H3,(H2,18,21)(H2,19,22). The van der Waals surface area contributed by atoms with Gasteiger partial charge in [0, 0.05) is 6.54 Å². The first-order valence-corrected chi connectivity index (χ1v) is 7.85. The maximum absolute atomic E-state index is 12.4. The third kappa shape index (κ3) is 1.99. The van der Waals surface area contributed by atoms with E-state index < -0.39 is 11.4 Å². The molecular formula is C17H23N3O2. The van der Waals surface area contributed by atoms with E-state index >= 15 is 0 Å². The Hall–Kier alpha value is -2.04. The largest absolute Gasteiger partial charge is 0.369 e.